The highest BCUT2D eigenvalue weighted by atomic mass is 32.1. The number of nitrogens with zero attached hydrogens (tertiary/aromatic N) is 1. The zero-order valence-electron chi connectivity index (χ0n) is 9.69. The Morgan fingerprint density at radius 2 is 2.24 bits per heavy atom. The average Bonchev–Trinajstić information content (AvgIpc) is 2.71. The molecule has 0 amide bonds. The van der Waals surface area contributed by atoms with Gasteiger partial charge in [-0.15, -0.1) is 11.3 Å². The van der Waals surface area contributed by atoms with Crippen molar-refractivity contribution >= 4 is 27.3 Å². The Morgan fingerprint density at radius 3 is 3.06 bits per heavy atom. The van der Waals surface area contributed by atoms with E-state index in [0.717, 1.165) is 31.2 Å². The number of benzene rings is 1. The van der Waals surface area contributed by atoms with Crippen LogP contribution in [-0.4, -0.2) is 10.8 Å². The van der Waals surface area contributed by atoms with E-state index in [9.17, 15) is 4.79 Å². The normalized spacial score (nSPS) is 20.9. The lowest BCUT2D eigenvalue weighted by molar-refractivity contribution is -0.121. The van der Waals surface area contributed by atoms with Crippen LogP contribution in [0.1, 0.15) is 30.7 Å². The van der Waals surface area contributed by atoms with Crippen LogP contribution in [0.2, 0.25) is 0 Å². The Kier molecular flexibility index (Phi) is 2.93. The first-order valence-electron chi connectivity index (χ1n) is 6.17. The van der Waals surface area contributed by atoms with E-state index in [4.69, 9.17) is 0 Å². The van der Waals surface area contributed by atoms with Crippen LogP contribution in [0, 0.1) is 5.92 Å². The Hall–Kier alpha value is -1.22. The van der Waals surface area contributed by atoms with Gasteiger partial charge >= 0.3 is 0 Å². The van der Waals surface area contributed by atoms with Gasteiger partial charge in [0.2, 0.25) is 0 Å². The second-order valence-electron chi connectivity index (χ2n) is 4.78. The number of Topliss-reactive ketones (excluding diaryl/α,β-unsaturated/α-hetero) is 1. The number of hydrogen-bond donors (Lipinski definition) is 0. The molecule has 1 aromatic carbocycles. The minimum atomic E-state index is 0.433. The van der Waals surface area contributed by atoms with Gasteiger partial charge in [-0.25, -0.2) is 4.98 Å². The molecular formula is C14H15NOS. The van der Waals surface area contributed by atoms with Crippen LogP contribution < -0.4 is 0 Å². The van der Waals surface area contributed by atoms with Gasteiger partial charge in [0.25, 0.3) is 0 Å². The maximum absolute atomic E-state index is 11.4. The van der Waals surface area contributed by atoms with Gasteiger partial charge in [0, 0.05) is 19.3 Å². The summed E-state index contributed by atoms with van der Waals surface area (Å²) in [6.45, 7) is 0. The Bertz CT molecular complexity index is 513. The van der Waals surface area contributed by atoms with E-state index in [1.54, 1.807) is 11.3 Å². The van der Waals surface area contributed by atoms with Crippen LogP contribution in [0.3, 0.4) is 0 Å². The Balaban J connectivity index is 1.78. The second kappa shape index (κ2) is 4.57. The molecule has 88 valence electrons. The summed E-state index contributed by atoms with van der Waals surface area (Å²) in [5, 5.41) is 1.19. The molecule has 0 spiro atoms. The summed E-state index contributed by atoms with van der Waals surface area (Å²) in [4.78, 5) is 16.1. The molecule has 3 heteroatoms. The summed E-state index contributed by atoms with van der Waals surface area (Å²) < 4.78 is 1.25. The lowest BCUT2D eigenvalue weighted by Crippen LogP contribution is -2.16. The molecule has 0 bridgehead atoms. The first-order valence-corrected chi connectivity index (χ1v) is 6.99. The molecule has 3 rings (SSSR count). The highest BCUT2D eigenvalue weighted by Crippen LogP contribution is 2.28. The molecule has 0 N–H and O–H groups in total. The monoisotopic (exact) mass is 245 g/mol. The van der Waals surface area contributed by atoms with E-state index < -0.39 is 0 Å². The number of thiazole rings is 1. The number of ketones is 1. The van der Waals surface area contributed by atoms with Gasteiger partial charge in [0.05, 0.1) is 15.2 Å². The summed E-state index contributed by atoms with van der Waals surface area (Å²) in [5.41, 5.74) is 1.09. The molecule has 0 aliphatic heterocycles. The number of carbonyl (C=O) groups excluding carboxylic acids is 1. The second-order valence-corrected chi connectivity index (χ2v) is 5.90. The number of carbonyl (C=O) groups is 1. The molecule has 1 saturated carbocycles. The fourth-order valence-electron chi connectivity index (χ4n) is 2.54. The third kappa shape index (κ3) is 2.39. The predicted molar refractivity (Wildman–Crippen MR) is 70.3 cm³/mol. The van der Waals surface area contributed by atoms with E-state index in [0.29, 0.717) is 11.7 Å². The summed E-state index contributed by atoms with van der Waals surface area (Å²) in [7, 11) is 0. The van der Waals surface area contributed by atoms with Crippen molar-refractivity contribution in [2.45, 2.75) is 32.1 Å². The quantitative estimate of drug-likeness (QED) is 0.809. The number of rotatable bonds is 2. The topological polar surface area (TPSA) is 30.0 Å². The number of para-hydroxylation sites is 1. The molecular weight excluding hydrogens is 230 g/mol. The van der Waals surface area contributed by atoms with Crippen molar-refractivity contribution in [3.8, 4) is 0 Å². The van der Waals surface area contributed by atoms with Gasteiger partial charge in [-0.1, -0.05) is 12.1 Å². The van der Waals surface area contributed by atoms with E-state index >= 15 is 0 Å². The van der Waals surface area contributed by atoms with Gasteiger partial charge in [0.15, 0.2) is 0 Å². The molecule has 1 unspecified atom stereocenters. The van der Waals surface area contributed by atoms with Gasteiger partial charge in [-0.05, 0) is 30.9 Å². The summed E-state index contributed by atoms with van der Waals surface area (Å²) in [5.74, 6) is 0.958. The Morgan fingerprint density at radius 1 is 1.35 bits per heavy atom. The van der Waals surface area contributed by atoms with Crippen molar-refractivity contribution in [2.75, 3.05) is 0 Å². The zero-order valence-corrected chi connectivity index (χ0v) is 10.5. The molecule has 17 heavy (non-hydrogen) atoms. The molecule has 2 aromatic rings. The fourth-order valence-corrected chi connectivity index (χ4v) is 3.62. The molecule has 1 heterocycles. The smallest absolute Gasteiger partial charge is 0.133 e. The molecule has 1 aromatic heterocycles. The zero-order chi connectivity index (χ0) is 11.7. The van der Waals surface area contributed by atoms with Gasteiger partial charge < -0.3 is 0 Å². The van der Waals surface area contributed by atoms with E-state index in [-0.39, 0.29) is 0 Å². The SMILES string of the molecule is O=C1CCCC(Cc2nc3ccccc3s2)C1. The highest BCUT2D eigenvalue weighted by molar-refractivity contribution is 7.18. The minimum absolute atomic E-state index is 0.433. The van der Waals surface area contributed by atoms with Crippen molar-refractivity contribution in [1.82, 2.24) is 4.98 Å². The lowest BCUT2D eigenvalue weighted by Gasteiger charge is -2.19. The third-order valence-corrected chi connectivity index (χ3v) is 4.44. The maximum Gasteiger partial charge on any atom is 0.133 e. The number of hydrogen-bond acceptors (Lipinski definition) is 3. The molecule has 1 aliphatic carbocycles. The van der Waals surface area contributed by atoms with Gasteiger partial charge in [0.1, 0.15) is 5.78 Å². The predicted octanol–water partition coefficient (Wildman–Crippen LogP) is 3.60. The van der Waals surface area contributed by atoms with E-state index in [2.05, 4.69) is 23.2 Å². The van der Waals surface area contributed by atoms with Crippen molar-refractivity contribution < 1.29 is 4.79 Å². The summed E-state index contributed by atoms with van der Waals surface area (Å²) in [6, 6.07) is 8.24. The van der Waals surface area contributed by atoms with Crippen LogP contribution in [0.5, 0.6) is 0 Å². The average molecular weight is 245 g/mol. The van der Waals surface area contributed by atoms with Crippen LogP contribution in [0.15, 0.2) is 24.3 Å². The summed E-state index contributed by atoms with van der Waals surface area (Å²) >= 11 is 1.77. The van der Waals surface area contributed by atoms with Crippen molar-refractivity contribution in [2.24, 2.45) is 5.92 Å². The maximum atomic E-state index is 11.4. The van der Waals surface area contributed by atoms with E-state index in [1.165, 1.54) is 16.1 Å². The van der Waals surface area contributed by atoms with Crippen LogP contribution in [0.25, 0.3) is 10.2 Å². The van der Waals surface area contributed by atoms with Crippen LogP contribution in [0.4, 0.5) is 0 Å². The minimum Gasteiger partial charge on any atom is -0.300 e. The summed E-state index contributed by atoms with van der Waals surface area (Å²) in [6.07, 6.45) is 4.77. The molecule has 2 nitrogen and oxygen atoms in total. The highest BCUT2D eigenvalue weighted by Gasteiger charge is 2.20. The van der Waals surface area contributed by atoms with E-state index in [1.807, 2.05) is 6.07 Å². The first-order chi connectivity index (χ1) is 8.31. The number of aromatic nitrogens is 1. The fraction of sp³-hybridized carbons (Fsp3) is 0.429. The van der Waals surface area contributed by atoms with Gasteiger partial charge in [-0.3, -0.25) is 4.79 Å². The Labute approximate surface area is 105 Å². The largest absolute Gasteiger partial charge is 0.300 e. The standard InChI is InChI=1S/C14H15NOS/c16-11-5-3-4-10(8-11)9-14-15-12-6-1-2-7-13(12)17-14/h1-2,6-7,10H,3-5,8-9H2. The van der Waals surface area contributed by atoms with Crippen molar-refractivity contribution in [3.63, 3.8) is 0 Å². The van der Waals surface area contributed by atoms with Crippen molar-refractivity contribution in [1.29, 1.82) is 0 Å². The molecule has 0 radical (unpaired) electrons. The first kappa shape index (κ1) is 10.9. The lowest BCUT2D eigenvalue weighted by atomic mass is 9.86. The van der Waals surface area contributed by atoms with Crippen LogP contribution >= 0.6 is 11.3 Å². The van der Waals surface area contributed by atoms with Crippen LogP contribution in [-0.2, 0) is 11.2 Å². The van der Waals surface area contributed by atoms with Crippen molar-refractivity contribution in [3.05, 3.63) is 29.3 Å². The molecule has 1 aliphatic rings. The third-order valence-electron chi connectivity index (χ3n) is 3.39. The molecule has 0 saturated heterocycles. The number of fused-ring (bicyclic) bond motifs is 1. The molecule has 1 atom stereocenters. The van der Waals surface area contributed by atoms with Gasteiger partial charge in [-0.2, -0.15) is 0 Å². The molecule has 1 fully saturated rings.